The number of carbonyl (C=O) groups is 3. The summed E-state index contributed by atoms with van der Waals surface area (Å²) in [4.78, 5) is 39.7. The lowest BCUT2D eigenvalue weighted by Gasteiger charge is -2.21. The van der Waals surface area contributed by atoms with Gasteiger partial charge in [-0.3, -0.25) is 14.4 Å². The van der Waals surface area contributed by atoms with Gasteiger partial charge >= 0.3 is 17.9 Å². The van der Waals surface area contributed by atoms with Crippen LogP contribution in [0.5, 0.6) is 0 Å². The number of ether oxygens (including phenoxy) is 3. The van der Waals surface area contributed by atoms with Crippen LogP contribution in [0.2, 0.25) is 0 Å². The SMILES string of the molecule is CCCCCCCCCCCCCCCOC(=O)CCN(CCCNC)CCC(=O)OCCCCCCCCCCCCCCC.COC(=O)CCN(C)CCCN. The standard InChI is InChI=1S/C40H80N2O4.C8H18N2O2/c1-4-6-8-10-12-14-16-18-20-22-24-26-28-37-45-39(43)31-35-42(34-30-33-41-3)36-32-40(44)46-38-29-27-25-23-21-19-17-15-13-11-9-7-5-2;1-10(6-3-5-9)7-4-8(11)12-2/h41H,4-38H2,1-3H3;3-7,9H2,1-2H3. The third-order valence-electron chi connectivity index (χ3n) is 10.9. The number of hydrogen-bond acceptors (Lipinski definition) is 10. The molecule has 0 heterocycles. The van der Waals surface area contributed by atoms with Crippen molar-refractivity contribution >= 4 is 17.9 Å². The van der Waals surface area contributed by atoms with Crippen molar-refractivity contribution in [1.29, 1.82) is 0 Å². The summed E-state index contributed by atoms with van der Waals surface area (Å²) < 4.78 is 15.5. The maximum atomic E-state index is 12.3. The van der Waals surface area contributed by atoms with E-state index < -0.39 is 0 Å². The van der Waals surface area contributed by atoms with Gasteiger partial charge in [-0.2, -0.15) is 0 Å². The summed E-state index contributed by atoms with van der Waals surface area (Å²) in [6.45, 7) is 11.0. The predicted molar refractivity (Wildman–Crippen MR) is 245 cm³/mol. The Labute approximate surface area is 359 Å². The molecule has 0 radical (unpaired) electrons. The number of esters is 3. The van der Waals surface area contributed by atoms with Crippen molar-refractivity contribution in [2.45, 2.75) is 213 Å². The molecule has 58 heavy (non-hydrogen) atoms. The topological polar surface area (TPSA) is 123 Å². The second-order valence-corrected chi connectivity index (χ2v) is 16.5. The van der Waals surface area contributed by atoms with E-state index in [-0.39, 0.29) is 17.9 Å². The lowest BCUT2D eigenvalue weighted by molar-refractivity contribution is -0.144. The first-order chi connectivity index (χ1) is 28.3. The average Bonchev–Trinajstić information content (AvgIpc) is 3.23. The van der Waals surface area contributed by atoms with Crippen LogP contribution in [0.25, 0.3) is 0 Å². The highest BCUT2D eigenvalue weighted by molar-refractivity contribution is 5.70. The van der Waals surface area contributed by atoms with Crippen molar-refractivity contribution in [2.24, 2.45) is 5.73 Å². The Kier molecular flexibility index (Phi) is 49.9. The predicted octanol–water partition coefficient (Wildman–Crippen LogP) is 10.8. The van der Waals surface area contributed by atoms with Crippen LogP contribution in [-0.2, 0) is 28.6 Å². The minimum absolute atomic E-state index is 0.123. The van der Waals surface area contributed by atoms with Gasteiger partial charge in [0.25, 0.3) is 0 Å². The largest absolute Gasteiger partial charge is 0.469 e. The van der Waals surface area contributed by atoms with Gasteiger partial charge in [0.15, 0.2) is 0 Å². The summed E-state index contributed by atoms with van der Waals surface area (Å²) in [6, 6.07) is 0. The van der Waals surface area contributed by atoms with E-state index in [1.807, 2.05) is 14.1 Å². The molecule has 0 fully saturated rings. The van der Waals surface area contributed by atoms with E-state index in [1.54, 1.807) is 0 Å². The second kappa shape index (κ2) is 49.6. The smallest absolute Gasteiger partial charge is 0.307 e. The number of rotatable bonds is 44. The van der Waals surface area contributed by atoms with Gasteiger partial charge in [0.05, 0.1) is 39.6 Å². The Morgan fingerprint density at radius 2 is 0.828 bits per heavy atom. The van der Waals surface area contributed by atoms with Crippen molar-refractivity contribution in [2.75, 3.05) is 80.2 Å². The van der Waals surface area contributed by atoms with Gasteiger partial charge in [-0.05, 0) is 66.0 Å². The Balaban J connectivity index is 0. The molecule has 0 aromatic carbocycles. The summed E-state index contributed by atoms with van der Waals surface area (Å²) in [5.74, 6) is -0.403. The Morgan fingerprint density at radius 1 is 0.466 bits per heavy atom. The summed E-state index contributed by atoms with van der Waals surface area (Å²) in [7, 11) is 5.33. The van der Waals surface area contributed by atoms with Crippen molar-refractivity contribution in [3.05, 3.63) is 0 Å². The first-order valence-corrected chi connectivity index (χ1v) is 24.5. The second-order valence-electron chi connectivity index (χ2n) is 16.5. The highest BCUT2D eigenvalue weighted by Gasteiger charge is 2.12. The fraction of sp³-hybridized carbons (Fsp3) is 0.938. The molecule has 0 saturated carbocycles. The summed E-state index contributed by atoms with van der Waals surface area (Å²) >= 11 is 0. The molecule has 10 heteroatoms. The summed E-state index contributed by atoms with van der Waals surface area (Å²) in [6.07, 6.45) is 37.3. The molecule has 0 spiro atoms. The normalized spacial score (nSPS) is 11.2. The molecule has 0 aliphatic rings. The molecule has 0 saturated heterocycles. The molecule has 346 valence electrons. The minimum Gasteiger partial charge on any atom is -0.469 e. The highest BCUT2D eigenvalue weighted by atomic mass is 16.5. The van der Waals surface area contributed by atoms with E-state index >= 15 is 0 Å². The zero-order valence-electron chi connectivity index (χ0n) is 39.2. The molecular weight excluding hydrogens is 729 g/mol. The first kappa shape index (κ1) is 58.3. The van der Waals surface area contributed by atoms with Crippen molar-refractivity contribution in [1.82, 2.24) is 15.1 Å². The summed E-state index contributed by atoms with van der Waals surface area (Å²) in [5.41, 5.74) is 5.34. The molecule has 0 aromatic rings. The van der Waals surface area contributed by atoms with Gasteiger partial charge in [0.2, 0.25) is 0 Å². The monoisotopic (exact) mass is 827 g/mol. The van der Waals surface area contributed by atoms with Crippen molar-refractivity contribution in [3.63, 3.8) is 0 Å². The molecule has 0 aliphatic carbocycles. The third kappa shape index (κ3) is 48.6. The van der Waals surface area contributed by atoms with E-state index in [0.29, 0.717) is 52.1 Å². The average molecular weight is 827 g/mol. The van der Waals surface area contributed by atoms with Gasteiger partial charge in [-0.15, -0.1) is 0 Å². The number of hydrogen-bond donors (Lipinski definition) is 2. The molecule has 0 amide bonds. The van der Waals surface area contributed by atoms with E-state index in [0.717, 1.165) is 64.7 Å². The first-order valence-electron chi connectivity index (χ1n) is 24.5. The lowest BCUT2D eigenvalue weighted by Crippen LogP contribution is -2.32. The van der Waals surface area contributed by atoms with Gasteiger partial charge < -0.3 is 35.1 Å². The van der Waals surface area contributed by atoms with E-state index in [2.05, 4.69) is 33.7 Å². The quantitative estimate of drug-likeness (QED) is 0.0349. The Hall–Kier alpha value is -1.75. The molecule has 10 nitrogen and oxygen atoms in total. The van der Waals surface area contributed by atoms with Gasteiger partial charge in [-0.25, -0.2) is 0 Å². The maximum Gasteiger partial charge on any atom is 0.307 e. The van der Waals surface area contributed by atoms with E-state index in [4.69, 9.17) is 15.2 Å². The molecule has 0 unspecified atom stereocenters. The van der Waals surface area contributed by atoms with Gasteiger partial charge in [0.1, 0.15) is 0 Å². The van der Waals surface area contributed by atoms with Crippen LogP contribution in [0, 0.1) is 0 Å². The zero-order valence-corrected chi connectivity index (χ0v) is 39.2. The van der Waals surface area contributed by atoms with Crippen LogP contribution in [0.4, 0.5) is 0 Å². The van der Waals surface area contributed by atoms with E-state index in [9.17, 15) is 14.4 Å². The van der Waals surface area contributed by atoms with Crippen LogP contribution in [-0.4, -0.2) is 108 Å². The van der Waals surface area contributed by atoms with Crippen LogP contribution in [0.3, 0.4) is 0 Å². The Bertz CT molecular complexity index is 816. The molecule has 3 N–H and O–H groups in total. The third-order valence-corrected chi connectivity index (χ3v) is 10.9. The Morgan fingerprint density at radius 3 is 1.17 bits per heavy atom. The van der Waals surface area contributed by atoms with Crippen molar-refractivity contribution < 1.29 is 28.6 Å². The van der Waals surface area contributed by atoms with Gasteiger partial charge in [0, 0.05) is 19.6 Å². The lowest BCUT2D eigenvalue weighted by atomic mass is 10.0. The van der Waals surface area contributed by atoms with Crippen molar-refractivity contribution in [3.8, 4) is 0 Å². The fourth-order valence-corrected chi connectivity index (χ4v) is 6.93. The molecule has 0 rings (SSSR count). The highest BCUT2D eigenvalue weighted by Crippen LogP contribution is 2.14. The molecule has 0 aliphatic heterocycles. The molecule has 0 aromatic heterocycles. The number of nitrogens with two attached hydrogens (primary N) is 1. The van der Waals surface area contributed by atoms with Crippen LogP contribution >= 0.6 is 0 Å². The molecule has 0 atom stereocenters. The minimum atomic E-state index is -0.158. The number of nitrogens with one attached hydrogen (secondary N) is 1. The van der Waals surface area contributed by atoms with Crippen LogP contribution in [0.1, 0.15) is 213 Å². The number of methoxy groups -OCH3 is 1. The van der Waals surface area contributed by atoms with Gasteiger partial charge in [-0.1, -0.05) is 168 Å². The number of carbonyl (C=O) groups excluding carboxylic acids is 3. The van der Waals surface area contributed by atoms with E-state index in [1.165, 1.54) is 148 Å². The van der Waals surface area contributed by atoms with Crippen LogP contribution < -0.4 is 11.1 Å². The van der Waals surface area contributed by atoms with Crippen LogP contribution in [0.15, 0.2) is 0 Å². The molecular formula is C48H98N4O6. The number of nitrogens with zero attached hydrogens (tertiary/aromatic N) is 2. The zero-order chi connectivity index (χ0) is 43.0. The summed E-state index contributed by atoms with van der Waals surface area (Å²) in [5, 5.41) is 3.18. The maximum absolute atomic E-state index is 12.3. The molecule has 0 bridgehead atoms. The number of unbranched alkanes of at least 4 members (excludes halogenated alkanes) is 24. The fourth-order valence-electron chi connectivity index (χ4n) is 6.93.